The van der Waals surface area contributed by atoms with Crippen LogP contribution in [0.1, 0.15) is 19.3 Å². The lowest BCUT2D eigenvalue weighted by Gasteiger charge is -1.98. The second kappa shape index (κ2) is 5.67. The number of hydrazine groups is 1. The summed E-state index contributed by atoms with van der Waals surface area (Å²) in [6, 6.07) is 0. The van der Waals surface area contributed by atoms with Gasteiger partial charge in [0.05, 0.1) is 0 Å². The molecule has 5 nitrogen and oxygen atoms in total. The molecule has 0 atom stereocenters. The predicted octanol–water partition coefficient (Wildman–Crippen LogP) is -1.11. The highest BCUT2D eigenvalue weighted by Gasteiger charge is 2.00. The van der Waals surface area contributed by atoms with Crippen LogP contribution in [0.5, 0.6) is 0 Å². The molecule has 5 heteroatoms. The topological polar surface area (TPSA) is 84.2 Å². The van der Waals surface area contributed by atoms with E-state index in [4.69, 9.17) is 5.84 Å². The van der Waals surface area contributed by atoms with Crippen molar-refractivity contribution in [1.82, 2.24) is 10.7 Å². The summed E-state index contributed by atoms with van der Waals surface area (Å²) in [6.07, 6.45) is 1.19. The first-order valence-corrected chi connectivity index (χ1v) is 3.40. The zero-order chi connectivity index (χ0) is 8.69. The minimum atomic E-state index is -0.242. The number of amides is 2. The molecule has 0 aromatic rings. The summed E-state index contributed by atoms with van der Waals surface area (Å²) >= 11 is 0. The van der Waals surface area contributed by atoms with Crippen LogP contribution in [-0.2, 0) is 9.59 Å². The summed E-state index contributed by atoms with van der Waals surface area (Å²) in [5, 5.41) is 2.45. The lowest BCUT2D eigenvalue weighted by atomic mass is 10.2. The maximum absolute atomic E-state index is 10.6. The van der Waals surface area contributed by atoms with Crippen molar-refractivity contribution in [2.45, 2.75) is 19.3 Å². The van der Waals surface area contributed by atoms with Gasteiger partial charge in [0.15, 0.2) is 0 Å². The van der Waals surface area contributed by atoms with E-state index in [1.54, 1.807) is 7.05 Å². The first-order chi connectivity index (χ1) is 5.20. The molecule has 0 rings (SSSR count). The van der Waals surface area contributed by atoms with Crippen LogP contribution in [0.3, 0.4) is 0 Å². The Hall–Kier alpha value is -1.10. The van der Waals surface area contributed by atoms with E-state index in [1.165, 1.54) is 0 Å². The molecule has 0 spiro atoms. The van der Waals surface area contributed by atoms with E-state index in [2.05, 4.69) is 5.32 Å². The fraction of sp³-hybridized carbons (Fsp3) is 0.667. The summed E-state index contributed by atoms with van der Waals surface area (Å²) in [6.45, 7) is 0. The van der Waals surface area contributed by atoms with Crippen molar-refractivity contribution >= 4 is 11.8 Å². The zero-order valence-corrected chi connectivity index (χ0v) is 6.52. The Morgan fingerprint density at radius 2 is 1.82 bits per heavy atom. The van der Waals surface area contributed by atoms with Gasteiger partial charge in [-0.15, -0.1) is 0 Å². The van der Waals surface area contributed by atoms with Crippen molar-refractivity contribution in [3.63, 3.8) is 0 Å². The van der Waals surface area contributed by atoms with E-state index >= 15 is 0 Å². The minimum Gasteiger partial charge on any atom is -0.359 e. The Balaban J connectivity index is 3.27. The molecule has 0 aromatic carbocycles. The lowest BCUT2D eigenvalue weighted by molar-refractivity contribution is -0.122. The van der Waals surface area contributed by atoms with Crippen molar-refractivity contribution in [1.29, 1.82) is 0 Å². The van der Waals surface area contributed by atoms with Crippen molar-refractivity contribution in [2.75, 3.05) is 7.05 Å². The number of carbonyl (C=O) groups excluding carboxylic acids is 2. The third kappa shape index (κ3) is 5.35. The van der Waals surface area contributed by atoms with Crippen LogP contribution in [-0.4, -0.2) is 18.9 Å². The second-order valence-electron chi connectivity index (χ2n) is 2.09. The van der Waals surface area contributed by atoms with Crippen LogP contribution in [0, 0.1) is 0 Å². The first kappa shape index (κ1) is 9.90. The van der Waals surface area contributed by atoms with Gasteiger partial charge in [-0.05, 0) is 6.42 Å². The Bertz CT molecular complexity index is 131. The van der Waals surface area contributed by atoms with E-state index in [0.29, 0.717) is 19.3 Å². The number of rotatable bonds is 4. The number of hydrogen-bond acceptors (Lipinski definition) is 3. The summed E-state index contributed by atoms with van der Waals surface area (Å²) in [5.74, 6) is 4.52. The fourth-order valence-electron chi connectivity index (χ4n) is 0.607. The summed E-state index contributed by atoms with van der Waals surface area (Å²) in [4.78, 5) is 21.1. The predicted molar refractivity (Wildman–Crippen MR) is 40.2 cm³/mol. The van der Waals surface area contributed by atoms with Crippen LogP contribution in [0.2, 0.25) is 0 Å². The highest BCUT2D eigenvalue weighted by molar-refractivity contribution is 5.78. The molecule has 0 heterocycles. The third-order valence-corrected chi connectivity index (χ3v) is 1.25. The highest BCUT2D eigenvalue weighted by Crippen LogP contribution is 1.93. The van der Waals surface area contributed by atoms with Gasteiger partial charge < -0.3 is 5.32 Å². The van der Waals surface area contributed by atoms with Crippen LogP contribution < -0.4 is 16.6 Å². The molecule has 0 fully saturated rings. The fourth-order valence-corrected chi connectivity index (χ4v) is 0.607. The zero-order valence-electron chi connectivity index (χ0n) is 6.52. The molecule has 0 saturated carbocycles. The SMILES string of the molecule is CNC(=O)CCCC(=O)NN. The number of hydrogen-bond donors (Lipinski definition) is 3. The Labute approximate surface area is 65.3 Å². The van der Waals surface area contributed by atoms with Crippen LogP contribution in [0.15, 0.2) is 0 Å². The first-order valence-electron chi connectivity index (χ1n) is 3.40. The Morgan fingerprint density at radius 3 is 2.27 bits per heavy atom. The molecule has 2 amide bonds. The quantitative estimate of drug-likeness (QED) is 0.276. The van der Waals surface area contributed by atoms with E-state index in [1.807, 2.05) is 5.43 Å². The van der Waals surface area contributed by atoms with Gasteiger partial charge in [0.1, 0.15) is 0 Å². The van der Waals surface area contributed by atoms with Crippen LogP contribution in [0.25, 0.3) is 0 Å². The number of nitrogens with one attached hydrogen (secondary N) is 2. The molecule has 4 N–H and O–H groups in total. The van der Waals surface area contributed by atoms with Gasteiger partial charge in [-0.1, -0.05) is 0 Å². The van der Waals surface area contributed by atoms with E-state index in [-0.39, 0.29) is 11.8 Å². The number of carbonyl (C=O) groups is 2. The smallest absolute Gasteiger partial charge is 0.233 e. The van der Waals surface area contributed by atoms with Gasteiger partial charge in [-0.25, -0.2) is 5.84 Å². The molecule has 11 heavy (non-hydrogen) atoms. The van der Waals surface area contributed by atoms with Crippen molar-refractivity contribution in [3.05, 3.63) is 0 Å². The summed E-state index contributed by atoms with van der Waals surface area (Å²) in [5.41, 5.74) is 1.99. The molecule has 0 bridgehead atoms. The molecule has 0 aliphatic rings. The van der Waals surface area contributed by atoms with Gasteiger partial charge in [0, 0.05) is 19.9 Å². The third-order valence-electron chi connectivity index (χ3n) is 1.25. The van der Waals surface area contributed by atoms with Gasteiger partial charge >= 0.3 is 0 Å². The standard InChI is InChI=1S/C6H13N3O2/c1-8-5(10)3-2-4-6(11)9-7/h2-4,7H2,1H3,(H,8,10)(H,9,11). The largest absolute Gasteiger partial charge is 0.359 e. The Kier molecular flexibility index (Phi) is 5.10. The molecule has 0 aliphatic carbocycles. The summed E-state index contributed by atoms with van der Waals surface area (Å²) in [7, 11) is 1.56. The Morgan fingerprint density at radius 1 is 1.27 bits per heavy atom. The molecule has 0 aromatic heterocycles. The normalized spacial score (nSPS) is 8.91. The van der Waals surface area contributed by atoms with E-state index < -0.39 is 0 Å². The van der Waals surface area contributed by atoms with Crippen molar-refractivity contribution in [3.8, 4) is 0 Å². The van der Waals surface area contributed by atoms with Gasteiger partial charge in [-0.2, -0.15) is 0 Å². The molecule has 0 aliphatic heterocycles. The maximum atomic E-state index is 10.6. The highest BCUT2D eigenvalue weighted by atomic mass is 16.2. The van der Waals surface area contributed by atoms with E-state index in [0.717, 1.165) is 0 Å². The van der Waals surface area contributed by atoms with Crippen molar-refractivity contribution in [2.24, 2.45) is 5.84 Å². The lowest BCUT2D eigenvalue weighted by Crippen LogP contribution is -2.30. The molecular weight excluding hydrogens is 146 g/mol. The summed E-state index contributed by atoms with van der Waals surface area (Å²) < 4.78 is 0. The maximum Gasteiger partial charge on any atom is 0.233 e. The molecule has 0 unspecified atom stereocenters. The monoisotopic (exact) mass is 159 g/mol. The average molecular weight is 159 g/mol. The number of nitrogens with two attached hydrogens (primary N) is 1. The second-order valence-corrected chi connectivity index (χ2v) is 2.09. The molecular formula is C6H13N3O2. The molecule has 64 valence electrons. The van der Waals surface area contributed by atoms with Crippen LogP contribution in [0.4, 0.5) is 0 Å². The minimum absolute atomic E-state index is 0.0604. The van der Waals surface area contributed by atoms with Crippen LogP contribution >= 0.6 is 0 Å². The van der Waals surface area contributed by atoms with Gasteiger partial charge in [-0.3, -0.25) is 15.0 Å². The van der Waals surface area contributed by atoms with Gasteiger partial charge in [0.25, 0.3) is 0 Å². The van der Waals surface area contributed by atoms with Crippen molar-refractivity contribution < 1.29 is 9.59 Å². The average Bonchev–Trinajstić information content (AvgIpc) is 2.04. The molecule has 0 saturated heterocycles. The van der Waals surface area contributed by atoms with E-state index in [9.17, 15) is 9.59 Å². The molecule has 0 radical (unpaired) electrons. The van der Waals surface area contributed by atoms with Gasteiger partial charge in [0.2, 0.25) is 11.8 Å².